The first-order valence-electron chi connectivity index (χ1n) is 9.72. The fraction of sp³-hybridized carbons (Fsp3) is 0.400. The molecule has 1 aliphatic heterocycles. The molecule has 1 saturated heterocycles. The van der Waals surface area contributed by atoms with Gasteiger partial charge < -0.3 is 14.7 Å². The van der Waals surface area contributed by atoms with Gasteiger partial charge in [-0.2, -0.15) is 4.31 Å². The standard InChI is InChI=1S/C20H25N3O6S/c1-3-22(4-2)30(27,28)17-8-9-18(19(13-17)23(25)26)21-10-11-29-20(14-21)15-6-5-7-16(24)12-15/h5-9,12-13,20,24H,3-4,10-11,14H2,1-2H3/t20-/m0/s1. The van der Waals surface area contributed by atoms with Gasteiger partial charge >= 0.3 is 0 Å². The lowest BCUT2D eigenvalue weighted by atomic mass is 10.1. The van der Waals surface area contributed by atoms with Crippen LogP contribution in [0.15, 0.2) is 47.4 Å². The second-order valence-corrected chi connectivity index (χ2v) is 8.84. The van der Waals surface area contributed by atoms with Gasteiger partial charge in [0.2, 0.25) is 10.0 Å². The molecule has 0 unspecified atom stereocenters. The smallest absolute Gasteiger partial charge is 0.293 e. The molecule has 0 aromatic heterocycles. The highest BCUT2D eigenvalue weighted by Gasteiger charge is 2.30. The number of morpholine rings is 1. The van der Waals surface area contributed by atoms with E-state index < -0.39 is 14.9 Å². The summed E-state index contributed by atoms with van der Waals surface area (Å²) in [5.74, 6) is 0.116. The number of benzene rings is 2. The van der Waals surface area contributed by atoms with Gasteiger partial charge in [-0.05, 0) is 29.8 Å². The Kier molecular flexibility index (Phi) is 6.59. The van der Waals surface area contributed by atoms with Crippen molar-refractivity contribution < 1.29 is 23.2 Å². The predicted octanol–water partition coefficient (Wildman–Crippen LogP) is 2.91. The number of nitro groups is 1. The van der Waals surface area contributed by atoms with Gasteiger partial charge in [-0.25, -0.2) is 8.42 Å². The lowest BCUT2D eigenvalue weighted by Gasteiger charge is -2.34. The van der Waals surface area contributed by atoms with Crippen molar-refractivity contribution in [1.29, 1.82) is 0 Å². The Balaban J connectivity index is 1.94. The molecule has 0 aliphatic carbocycles. The minimum atomic E-state index is -3.81. The Morgan fingerprint density at radius 3 is 2.60 bits per heavy atom. The predicted molar refractivity (Wildman–Crippen MR) is 112 cm³/mol. The van der Waals surface area contributed by atoms with E-state index in [9.17, 15) is 23.6 Å². The van der Waals surface area contributed by atoms with E-state index in [0.29, 0.717) is 25.4 Å². The Hall–Kier alpha value is -2.69. The molecule has 162 valence electrons. The minimum Gasteiger partial charge on any atom is -0.508 e. The summed E-state index contributed by atoms with van der Waals surface area (Å²) in [6.45, 7) is 5.12. The molecular formula is C20H25N3O6S. The molecular weight excluding hydrogens is 410 g/mol. The summed E-state index contributed by atoms with van der Waals surface area (Å²) in [6, 6.07) is 10.7. The molecule has 9 nitrogen and oxygen atoms in total. The number of aromatic hydroxyl groups is 1. The zero-order valence-corrected chi connectivity index (χ0v) is 17.7. The summed E-state index contributed by atoms with van der Waals surface area (Å²) < 4.78 is 32.6. The fourth-order valence-electron chi connectivity index (χ4n) is 3.58. The highest BCUT2D eigenvalue weighted by atomic mass is 32.2. The Morgan fingerprint density at radius 1 is 1.23 bits per heavy atom. The average molecular weight is 436 g/mol. The largest absolute Gasteiger partial charge is 0.508 e. The number of rotatable bonds is 7. The number of nitro benzene ring substituents is 1. The van der Waals surface area contributed by atoms with Gasteiger partial charge in [0.15, 0.2) is 0 Å². The van der Waals surface area contributed by atoms with E-state index >= 15 is 0 Å². The Bertz CT molecular complexity index is 1020. The van der Waals surface area contributed by atoms with E-state index in [2.05, 4.69) is 0 Å². The number of phenols is 1. The summed E-state index contributed by atoms with van der Waals surface area (Å²) >= 11 is 0. The number of hydrogen-bond acceptors (Lipinski definition) is 7. The van der Waals surface area contributed by atoms with Crippen molar-refractivity contribution in [2.24, 2.45) is 0 Å². The maximum atomic E-state index is 12.8. The second-order valence-electron chi connectivity index (χ2n) is 6.90. The summed E-state index contributed by atoms with van der Waals surface area (Å²) in [5.41, 5.74) is 0.842. The Morgan fingerprint density at radius 2 is 1.97 bits per heavy atom. The number of hydrogen-bond donors (Lipinski definition) is 1. The zero-order valence-electron chi connectivity index (χ0n) is 16.9. The van der Waals surface area contributed by atoms with Crippen LogP contribution in [-0.4, -0.2) is 55.5 Å². The molecule has 1 aliphatic rings. The quantitative estimate of drug-likeness (QED) is 0.525. The normalized spacial score (nSPS) is 17.3. The zero-order chi connectivity index (χ0) is 21.9. The average Bonchev–Trinajstić information content (AvgIpc) is 2.74. The number of sulfonamides is 1. The molecule has 0 saturated carbocycles. The van der Waals surface area contributed by atoms with Crippen LogP contribution >= 0.6 is 0 Å². The van der Waals surface area contributed by atoms with Gasteiger partial charge in [-0.3, -0.25) is 10.1 Å². The van der Waals surface area contributed by atoms with Crippen molar-refractivity contribution in [3.8, 4) is 5.75 Å². The molecule has 2 aromatic rings. The van der Waals surface area contributed by atoms with Crippen molar-refractivity contribution in [3.05, 3.63) is 58.1 Å². The second kappa shape index (κ2) is 8.99. The lowest BCUT2D eigenvalue weighted by molar-refractivity contribution is -0.384. The van der Waals surface area contributed by atoms with E-state index in [1.165, 1.54) is 16.4 Å². The van der Waals surface area contributed by atoms with E-state index in [0.717, 1.165) is 11.6 Å². The van der Waals surface area contributed by atoms with Crippen molar-refractivity contribution >= 4 is 21.4 Å². The van der Waals surface area contributed by atoms with Crippen molar-refractivity contribution in [1.82, 2.24) is 4.31 Å². The molecule has 2 aromatic carbocycles. The molecule has 1 atom stereocenters. The van der Waals surface area contributed by atoms with E-state index in [4.69, 9.17) is 4.74 Å². The van der Waals surface area contributed by atoms with E-state index in [1.807, 2.05) is 11.0 Å². The fourth-order valence-corrected chi connectivity index (χ4v) is 5.06. The first-order valence-corrected chi connectivity index (χ1v) is 11.2. The Labute approximate surface area is 175 Å². The van der Waals surface area contributed by atoms with Crippen LogP contribution in [0.4, 0.5) is 11.4 Å². The molecule has 3 rings (SSSR count). The molecule has 30 heavy (non-hydrogen) atoms. The third kappa shape index (κ3) is 4.40. The van der Waals surface area contributed by atoms with Crippen molar-refractivity contribution in [2.75, 3.05) is 37.7 Å². The van der Waals surface area contributed by atoms with Crippen LogP contribution in [0.5, 0.6) is 5.75 Å². The molecule has 0 bridgehead atoms. The summed E-state index contributed by atoms with van der Waals surface area (Å²) in [7, 11) is -3.81. The van der Waals surface area contributed by atoms with Crippen molar-refractivity contribution in [3.63, 3.8) is 0 Å². The number of ether oxygens (including phenoxy) is 1. The molecule has 0 radical (unpaired) electrons. The molecule has 1 N–H and O–H groups in total. The summed E-state index contributed by atoms with van der Waals surface area (Å²) in [4.78, 5) is 12.9. The van der Waals surface area contributed by atoms with Gasteiger partial charge in [0.1, 0.15) is 17.5 Å². The van der Waals surface area contributed by atoms with Gasteiger partial charge in [0.05, 0.1) is 16.4 Å². The van der Waals surface area contributed by atoms with Crippen LogP contribution in [0, 0.1) is 10.1 Å². The highest BCUT2D eigenvalue weighted by Crippen LogP contribution is 2.35. The molecule has 1 fully saturated rings. The topological polar surface area (TPSA) is 113 Å². The molecule has 0 amide bonds. The SMILES string of the molecule is CCN(CC)S(=O)(=O)c1ccc(N2CCO[C@H](c3cccc(O)c3)C2)c([N+](=O)[O-])c1. The van der Waals surface area contributed by atoms with E-state index in [-0.39, 0.29) is 35.5 Å². The highest BCUT2D eigenvalue weighted by molar-refractivity contribution is 7.89. The number of nitrogens with zero attached hydrogens (tertiary/aromatic N) is 3. The van der Waals surface area contributed by atoms with E-state index in [1.54, 1.807) is 32.0 Å². The maximum Gasteiger partial charge on any atom is 0.293 e. The van der Waals surface area contributed by atoms with Gasteiger partial charge in [0, 0.05) is 32.2 Å². The van der Waals surface area contributed by atoms with Crippen LogP contribution in [0.3, 0.4) is 0 Å². The van der Waals surface area contributed by atoms with Gasteiger partial charge in [-0.1, -0.05) is 26.0 Å². The lowest BCUT2D eigenvalue weighted by Crippen LogP contribution is -2.38. The molecule has 10 heteroatoms. The van der Waals surface area contributed by atoms with Gasteiger partial charge in [-0.15, -0.1) is 0 Å². The third-order valence-electron chi connectivity index (χ3n) is 5.14. The number of anilines is 1. The first kappa shape index (κ1) is 22.0. The molecule has 1 heterocycles. The maximum absolute atomic E-state index is 12.8. The summed E-state index contributed by atoms with van der Waals surface area (Å²) in [5, 5.41) is 21.5. The monoisotopic (exact) mass is 435 g/mol. The van der Waals surface area contributed by atoms with Crippen LogP contribution in [-0.2, 0) is 14.8 Å². The van der Waals surface area contributed by atoms with Crippen LogP contribution < -0.4 is 4.90 Å². The van der Waals surface area contributed by atoms with Gasteiger partial charge in [0.25, 0.3) is 5.69 Å². The van der Waals surface area contributed by atoms with Crippen LogP contribution in [0.2, 0.25) is 0 Å². The third-order valence-corrected chi connectivity index (χ3v) is 7.18. The van der Waals surface area contributed by atoms with Crippen molar-refractivity contribution in [2.45, 2.75) is 24.8 Å². The summed E-state index contributed by atoms with van der Waals surface area (Å²) in [6.07, 6.45) is -0.371. The first-order chi connectivity index (χ1) is 14.3. The van der Waals surface area contributed by atoms with Crippen LogP contribution in [0.1, 0.15) is 25.5 Å². The molecule has 0 spiro atoms. The number of phenolic OH excluding ortho intramolecular Hbond substituents is 1. The minimum absolute atomic E-state index is 0.0977. The van der Waals surface area contributed by atoms with Crippen LogP contribution in [0.25, 0.3) is 0 Å².